The number of hydrogen-bond acceptors (Lipinski definition) is 6. The molecule has 1 spiro atoms. The third-order valence-electron chi connectivity index (χ3n) is 8.72. The third-order valence-corrected chi connectivity index (χ3v) is 11.0. The minimum absolute atomic E-state index is 0.237. The van der Waals surface area contributed by atoms with Gasteiger partial charge in [0.25, 0.3) is 0 Å². The van der Waals surface area contributed by atoms with Gasteiger partial charge in [0, 0.05) is 10.4 Å². The molecule has 0 saturated carbocycles. The van der Waals surface area contributed by atoms with Gasteiger partial charge in [0.15, 0.2) is 0 Å². The predicted molar refractivity (Wildman–Crippen MR) is 158 cm³/mol. The van der Waals surface area contributed by atoms with Crippen LogP contribution in [0.4, 0.5) is 11.4 Å². The molecule has 0 aliphatic carbocycles. The topological polar surface area (TPSA) is 108 Å². The van der Waals surface area contributed by atoms with E-state index < -0.39 is 33.4 Å². The van der Waals surface area contributed by atoms with Gasteiger partial charge in [-0.05, 0) is 75.9 Å². The van der Waals surface area contributed by atoms with E-state index in [1.807, 2.05) is 39.8 Å². The van der Waals surface area contributed by atoms with Crippen molar-refractivity contribution in [3.8, 4) is 5.75 Å². The van der Waals surface area contributed by atoms with Crippen LogP contribution in [0.5, 0.6) is 5.75 Å². The van der Waals surface area contributed by atoms with Crippen LogP contribution in [0, 0.1) is 18.8 Å². The molecule has 3 fully saturated rings. The van der Waals surface area contributed by atoms with Gasteiger partial charge in [-0.3, -0.25) is 14.4 Å². The Balaban J connectivity index is 1.50. The number of likely N-dealkylation sites (tertiary alicyclic amines) is 1. The maximum Gasteiger partial charge on any atom is 0.248 e. The molecule has 3 amide bonds. The lowest BCUT2D eigenvalue weighted by Gasteiger charge is -2.36. The van der Waals surface area contributed by atoms with Crippen LogP contribution < -0.4 is 15.4 Å². The standard InChI is InChI=1S/C30H36ClN3O5S/c1-5-19(16-35)34-25(27(37)33-24-17(3)8-7-9-21(24)31)30-15-14-29(4,40-30)22(23(30)28(34)38)26(36)32-18-10-12-20(13-11-18)39-6-2/h7-13,19,22-23,25,35H,5-6,14-16H2,1-4H3,(H,32,36)(H,33,37)/t19-,22-,23-,25?,29+,30?/m0/s1. The summed E-state index contributed by atoms with van der Waals surface area (Å²) in [6.45, 7) is 7.95. The average Bonchev–Trinajstić information content (AvgIpc) is 3.49. The Morgan fingerprint density at radius 2 is 1.88 bits per heavy atom. The van der Waals surface area contributed by atoms with Crippen molar-refractivity contribution in [1.29, 1.82) is 0 Å². The Labute approximate surface area is 244 Å². The molecule has 6 atom stereocenters. The minimum atomic E-state index is -0.854. The molecule has 40 heavy (non-hydrogen) atoms. The van der Waals surface area contributed by atoms with Gasteiger partial charge in [0.05, 0.1) is 46.5 Å². The minimum Gasteiger partial charge on any atom is -0.494 e. The van der Waals surface area contributed by atoms with Gasteiger partial charge < -0.3 is 25.4 Å². The first kappa shape index (κ1) is 28.8. The Hall–Kier alpha value is -2.75. The van der Waals surface area contributed by atoms with E-state index in [4.69, 9.17) is 16.3 Å². The second-order valence-corrected chi connectivity index (χ2v) is 13.4. The Bertz CT molecular complexity index is 1300. The van der Waals surface area contributed by atoms with Crippen molar-refractivity contribution >= 4 is 52.5 Å². The lowest BCUT2D eigenvalue weighted by molar-refractivity contribution is -0.141. The van der Waals surface area contributed by atoms with Crippen molar-refractivity contribution in [2.75, 3.05) is 23.8 Å². The molecule has 2 aromatic carbocycles. The normalized spacial score (nSPS) is 29.3. The summed E-state index contributed by atoms with van der Waals surface area (Å²) in [5.74, 6) is -1.45. The summed E-state index contributed by atoms with van der Waals surface area (Å²) >= 11 is 8.03. The number of fused-ring (bicyclic) bond motifs is 1. The van der Waals surface area contributed by atoms with Crippen molar-refractivity contribution in [2.24, 2.45) is 11.8 Å². The number of hydrogen-bond donors (Lipinski definition) is 3. The molecule has 3 saturated heterocycles. The number of anilines is 2. The van der Waals surface area contributed by atoms with E-state index in [2.05, 4.69) is 10.6 Å². The lowest BCUT2D eigenvalue weighted by Crippen LogP contribution is -2.54. The highest BCUT2D eigenvalue weighted by Crippen LogP contribution is 2.71. The number of aryl methyl sites for hydroxylation is 1. The van der Waals surface area contributed by atoms with Gasteiger partial charge in [-0.2, -0.15) is 0 Å². The molecule has 0 radical (unpaired) electrons. The molecule has 3 N–H and O–H groups in total. The number of nitrogens with zero attached hydrogens (tertiary/aromatic N) is 1. The van der Waals surface area contributed by atoms with E-state index in [1.165, 1.54) is 0 Å². The van der Waals surface area contributed by atoms with Gasteiger partial charge in [-0.25, -0.2) is 0 Å². The van der Waals surface area contributed by atoms with E-state index in [0.29, 0.717) is 48.0 Å². The van der Waals surface area contributed by atoms with Crippen LogP contribution in [0.3, 0.4) is 0 Å². The van der Waals surface area contributed by atoms with Crippen molar-refractivity contribution in [2.45, 2.75) is 68.5 Å². The molecule has 10 heteroatoms. The Kier molecular flexibility index (Phi) is 7.85. The van der Waals surface area contributed by atoms with Crippen LogP contribution in [0.1, 0.15) is 45.6 Å². The molecule has 2 aromatic rings. The van der Waals surface area contributed by atoms with Crippen molar-refractivity contribution in [3.63, 3.8) is 0 Å². The molecule has 3 aliphatic heterocycles. The number of thioether (sulfide) groups is 1. The van der Waals surface area contributed by atoms with Crippen molar-refractivity contribution in [1.82, 2.24) is 4.90 Å². The maximum absolute atomic E-state index is 14.3. The average molecular weight is 586 g/mol. The molecular formula is C30H36ClN3O5S. The molecule has 5 rings (SSSR count). The van der Waals surface area contributed by atoms with E-state index in [-0.39, 0.29) is 24.3 Å². The van der Waals surface area contributed by atoms with E-state index in [1.54, 1.807) is 47.0 Å². The summed E-state index contributed by atoms with van der Waals surface area (Å²) in [6, 6.07) is 11.1. The summed E-state index contributed by atoms with van der Waals surface area (Å²) in [5, 5.41) is 16.7. The SMILES string of the molecule is CCOc1ccc(NC(=O)[C@@H]2[C@H]3C(=O)N([C@@H](CC)CO)C(C(=O)Nc4c(C)cccc4Cl)C34CC[C@@]2(C)S4)cc1. The first-order valence-corrected chi connectivity index (χ1v) is 15.0. The van der Waals surface area contributed by atoms with Crippen molar-refractivity contribution in [3.05, 3.63) is 53.1 Å². The van der Waals surface area contributed by atoms with Gasteiger partial charge in [-0.15, -0.1) is 11.8 Å². The number of aliphatic hydroxyl groups is 1. The van der Waals surface area contributed by atoms with Gasteiger partial charge >= 0.3 is 0 Å². The number of ether oxygens (including phenoxy) is 1. The fraction of sp³-hybridized carbons (Fsp3) is 0.500. The third kappa shape index (κ3) is 4.56. The summed E-state index contributed by atoms with van der Waals surface area (Å²) < 4.78 is 4.20. The number of halogens is 1. The quantitative estimate of drug-likeness (QED) is 0.387. The highest BCUT2D eigenvalue weighted by molar-refractivity contribution is 8.02. The number of rotatable bonds is 9. The largest absolute Gasteiger partial charge is 0.494 e. The van der Waals surface area contributed by atoms with Gasteiger partial charge in [0.2, 0.25) is 17.7 Å². The van der Waals surface area contributed by atoms with Crippen molar-refractivity contribution < 1.29 is 24.2 Å². The first-order chi connectivity index (χ1) is 19.1. The number of aliphatic hydroxyl groups excluding tert-OH is 1. The second-order valence-electron chi connectivity index (χ2n) is 11.1. The summed E-state index contributed by atoms with van der Waals surface area (Å²) in [6.07, 6.45) is 1.79. The monoisotopic (exact) mass is 585 g/mol. The lowest BCUT2D eigenvalue weighted by atomic mass is 9.66. The van der Waals surface area contributed by atoms with E-state index in [9.17, 15) is 19.5 Å². The molecular weight excluding hydrogens is 550 g/mol. The molecule has 8 nitrogen and oxygen atoms in total. The highest BCUT2D eigenvalue weighted by Gasteiger charge is 2.77. The van der Waals surface area contributed by atoms with Gasteiger partial charge in [-0.1, -0.05) is 30.7 Å². The number of carbonyl (C=O) groups excluding carboxylic acids is 3. The maximum atomic E-state index is 14.3. The molecule has 0 aromatic heterocycles. The predicted octanol–water partition coefficient (Wildman–Crippen LogP) is 4.88. The zero-order valence-corrected chi connectivity index (χ0v) is 24.8. The van der Waals surface area contributed by atoms with E-state index in [0.717, 1.165) is 5.56 Å². The summed E-state index contributed by atoms with van der Waals surface area (Å²) in [5.41, 5.74) is 1.93. The second kappa shape index (κ2) is 10.9. The fourth-order valence-corrected chi connectivity index (χ4v) is 9.49. The zero-order chi connectivity index (χ0) is 28.8. The molecule has 2 bridgehead atoms. The fourth-order valence-electron chi connectivity index (χ4n) is 6.87. The van der Waals surface area contributed by atoms with Crippen LogP contribution >= 0.6 is 23.4 Å². The van der Waals surface area contributed by atoms with Crippen LogP contribution in [0.25, 0.3) is 0 Å². The molecule has 3 aliphatic rings. The zero-order valence-electron chi connectivity index (χ0n) is 23.2. The number of benzene rings is 2. The van der Waals surface area contributed by atoms with Crippen LogP contribution in [0.15, 0.2) is 42.5 Å². The number of amides is 3. The van der Waals surface area contributed by atoms with Crippen LogP contribution in [-0.2, 0) is 14.4 Å². The molecule has 2 unspecified atom stereocenters. The van der Waals surface area contributed by atoms with E-state index >= 15 is 0 Å². The Morgan fingerprint density at radius 3 is 2.50 bits per heavy atom. The van der Waals surface area contributed by atoms with Crippen LogP contribution in [-0.4, -0.2) is 62.5 Å². The number of para-hydroxylation sites is 1. The summed E-state index contributed by atoms with van der Waals surface area (Å²) in [4.78, 5) is 43.8. The summed E-state index contributed by atoms with van der Waals surface area (Å²) in [7, 11) is 0. The number of nitrogens with one attached hydrogen (secondary N) is 2. The highest BCUT2D eigenvalue weighted by atomic mass is 35.5. The Morgan fingerprint density at radius 1 is 1.15 bits per heavy atom. The first-order valence-electron chi connectivity index (χ1n) is 13.8. The van der Waals surface area contributed by atoms with Crippen LogP contribution in [0.2, 0.25) is 5.02 Å². The number of carbonyl (C=O) groups is 3. The smallest absolute Gasteiger partial charge is 0.248 e. The van der Waals surface area contributed by atoms with Gasteiger partial charge in [0.1, 0.15) is 11.8 Å². The molecule has 3 heterocycles. The molecule has 214 valence electrons.